The minimum Gasteiger partial charge on any atom is -0.494 e. The Hall–Kier alpha value is -1.67. The summed E-state index contributed by atoms with van der Waals surface area (Å²) in [5, 5.41) is 16.3. The molecule has 1 heterocycles. The Bertz CT molecular complexity index is 1330. The van der Waals surface area contributed by atoms with E-state index in [0.29, 0.717) is 12.8 Å². The fraction of sp³-hybridized carbons (Fsp3) is 0.600. The third kappa shape index (κ3) is 13.2. The Morgan fingerprint density at radius 1 is 0.500 bits per heavy atom. The second kappa shape index (κ2) is 22.2. The van der Waals surface area contributed by atoms with Crippen LogP contribution in [-0.4, -0.2) is 52.7 Å². The fourth-order valence-electron chi connectivity index (χ4n) is 5.28. The lowest BCUT2D eigenvalue weighted by atomic mass is 10.1. The first-order valence-electron chi connectivity index (χ1n) is 17.0. The normalized spacial score (nSPS) is 18.0. The Morgan fingerprint density at radius 2 is 0.917 bits per heavy atom. The SMILES string of the molecule is CCCCCCCCOc1ccc(-c2ccc(OCCCCCP3(NCN)=NP(NCN)(NCN)=NP(NCN)(NCN)=N3)cc2)cc1. The lowest BCUT2D eigenvalue weighted by Gasteiger charge is -2.37. The minimum absolute atomic E-state index is 0.153. The molecule has 0 saturated heterocycles. The van der Waals surface area contributed by atoms with Gasteiger partial charge in [0.15, 0.2) is 0 Å². The van der Waals surface area contributed by atoms with E-state index in [1.54, 1.807) is 0 Å². The van der Waals surface area contributed by atoms with Crippen LogP contribution in [-0.2, 0) is 0 Å². The van der Waals surface area contributed by atoms with Crippen LogP contribution >= 0.6 is 22.4 Å². The summed E-state index contributed by atoms with van der Waals surface area (Å²) in [5.41, 5.74) is 31.9. The number of nitrogens with one attached hydrogen (secondary N) is 5. The largest absolute Gasteiger partial charge is 0.494 e. The van der Waals surface area contributed by atoms with E-state index >= 15 is 0 Å². The predicted octanol–water partition coefficient (Wildman–Crippen LogP) is 5.11. The molecule has 1 atom stereocenters. The molecule has 0 aromatic heterocycles. The van der Waals surface area contributed by atoms with Gasteiger partial charge in [-0.25, -0.2) is 20.3 Å². The first-order valence-corrected chi connectivity index (χ1v) is 22.3. The molecule has 0 amide bonds. The quantitative estimate of drug-likeness (QED) is 0.0345. The monoisotopic (exact) mass is 727 g/mol. The van der Waals surface area contributed by atoms with Crippen molar-refractivity contribution in [2.24, 2.45) is 42.2 Å². The van der Waals surface area contributed by atoms with E-state index in [9.17, 15) is 0 Å². The van der Waals surface area contributed by atoms with Crippen LogP contribution in [0.2, 0.25) is 0 Å². The van der Waals surface area contributed by atoms with Gasteiger partial charge in [-0.3, -0.25) is 5.09 Å². The number of hydrogen-bond acceptors (Lipinski definition) is 15. The van der Waals surface area contributed by atoms with Crippen LogP contribution in [0.3, 0.4) is 0 Å². The van der Waals surface area contributed by atoms with Gasteiger partial charge in [0, 0.05) is 12.8 Å². The molecular weight excluding hydrogens is 667 g/mol. The Balaban J connectivity index is 1.52. The van der Waals surface area contributed by atoms with E-state index in [1.807, 2.05) is 24.3 Å². The van der Waals surface area contributed by atoms with Crippen LogP contribution in [0.25, 0.3) is 11.1 Å². The summed E-state index contributed by atoms with van der Waals surface area (Å²) in [5.74, 6) is 1.76. The Kier molecular flexibility index (Phi) is 18.9. The number of unbranched alkanes of at least 4 members (excludes halogenated alkanes) is 7. The molecule has 3 rings (SSSR count). The predicted molar refractivity (Wildman–Crippen MR) is 204 cm³/mol. The molecule has 0 spiro atoms. The highest BCUT2D eigenvalue weighted by atomic mass is 31.3. The van der Waals surface area contributed by atoms with Gasteiger partial charge in [0.05, 0.1) is 39.9 Å². The van der Waals surface area contributed by atoms with Crippen molar-refractivity contribution in [3.8, 4) is 22.6 Å². The van der Waals surface area contributed by atoms with Gasteiger partial charge in [-0.1, -0.05) is 63.3 Å². The molecule has 18 heteroatoms. The van der Waals surface area contributed by atoms with Crippen molar-refractivity contribution in [1.29, 1.82) is 0 Å². The average Bonchev–Trinajstić information content (AvgIpc) is 3.07. The Labute approximate surface area is 287 Å². The van der Waals surface area contributed by atoms with E-state index < -0.39 is 22.4 Å². The summed E-state index contributed by atoms with van der Waals surface area (Å²) < 4.78 is 27.3. The summed E-state index contributed by atoms with van der Waals surface area (Å²) in [4.78, 5) is 0. The highest BCUT2D eigenvalue weighted by Gasteiger charge is 2.35. The molecule has 2 aromatic carbocycles. The number of nitrogens with two attached hydrogens (primary N) is 5. The van der Waals surface area contributed by atoms with E-state index in [4.69, 9.17) is 51.7 Å². The van der Waals surface area contributed by atoms with Crippen molar-refractivity contribution in [3.63, 3.8) is 0 Å². The van der Waals surface area contributed by atoms with Crippen molar-refractivity contribution in [2.75, 3.05) is 52.7 Å². The van der Waals surface area contributed by atoms with Gasteiger partial charge >= 0.3 is 0 Å². The zero-order valence-electron chi connectivity index (χ0n) is 28.5. The fourth-order valence-corrected chi connectivity index (χ4v) is 17.2. The highest BCUT2D eigenvalue weighted by molar-refractivity contribution is 7.84. The molecule has 15 nitrogen and oxygen atoms in total. The van der Waals surface area contributed by atoms with E-state index in [1.165, 1.54) is 32.1 Å². The number of hydrogen-bond donors (Lipinski definition) is 10. The molecule has 272 valence electrons. The number of rotatable bonds is 26. The summed E-state index contributed by atoms with van der Waals surface area (Å²) in [6.07, 6.45) is 10.9. The van der Waals surface area contributed by atoms with Crippen molar-refractivity contribution < 1.29 is 9.47 Å². The van der Waals surface area contributed by atoms with Gasteiger partial charge in [0.2, 0.25) is 15.0 Å². The first-order chi connectivity index (χ1) is 23.4. The molecule has 2 aromatic rings. The van der Waals surface area contributed by atoms with Crippen LogP contribution in [0, 0.1) is 0 Å². The summed E-state index contributed by atoms with van der Waals surface area (Å²) in [6, 6.07) is 16.5. The lowest BCUT2D eigenvalue weighted by molar-refractivity contribution is 0.304. The van der Waals surface area contributed by atoms with E-state index in [2.05, 4.69) is 56.6 Å². The summed E-state index contributed by atoms with van der Waals surface area (Å²) in [6.45, 7) is 4.43. The molecule has 15 N–H and O–H groups in total. The lowest BCUT2D eigenvalue weighted by Crippen LogP contribution is -2.35. The van der Waals surface area contributed by atoms with E-state index in [-0.39, 0.29) is 33.3 Å². The standard InChI is InChI=1S/C30H60N13O2P3/c1-2-3-4-5-6-8-19-44-29-15-11-27(12-16-29)28-13-17-30(18-14-28)45-20-9-7-10-21-46(36-22-31)41-47(37-23-32,38-24-33)43-48(42-46,39-25-34)40-26-35/h11-18,36-40H,2-10,19-26,31-35H2,1H3. The molecule has 0 saturated carbocycles. The number of benzene rings is 2. The molecule has 48 heavy (non-hydrogen) atoms. The molecular formula is C30H60N13O2P3. The van der Waals surface area contributed by atoms with Crippen molar-refractivity contribution >= 4 is 22.4 Å². The first kappa shape index (κ1) is 40.8. The van der Waals surface area contributed by atoms with Crippen molar-refractivity contribution in [3.05, 3.63) is 48.5 Å². The minimum atomic E-state index is -2.74. The molecule has 0 radical (unpaired) electrons. The van der Waals surface area contributed by atoms with Crippen LogP contribution in [0.15, 0.2) is 62.1 Å². The van der Waals surface area contributed by atoms with Crippen LogP contribution in [0.5, 0.6) is 11.5 Å². The third-order valence-electron chi connectivity index (χ3n) is 7.60. The summed E-state index contributed by atoms with van der Waals surface area (Å²) >= 11 is 0. The maximum Gasteiger partial charge on any atom is 0.216 e. The van der Waals surface area contributed by atoms with Crippen LogP contribution < -0.4 is 63.6 Å². The van der Waals surface area contributed by atoms with Gasteiger partial charge in [-0.05, 0) is 61.1 Å². The second-order valence-corrected chi connectivity index (χ2v) is 19.4. The molecule has 1 aliphatic rings. The average molecular weight is 728 g/mol. The Morgan fingerprint density at radius 3 is 1.38 bits per heavy atom. The smallest absolute Gasteiger partial charge is 0.216 e. The third-order valence-corrected chi connectivity index (χ3v) is 18.2. The second-order valence-electron chi connectivity index (χ2n) is 11.3. The molecule has 1 aliphatic heterocycles. The van der Waals surface area contributed by atoms with Crippen LogP contribution in [0.1, 0.15) is 64.7 Å². The topological polar surface area (TPSA) is 246 Å². The van der Waals surface area contributed by atoms with Gasteiger partial charge in [-0.15, -0.1) is 0 Å². The van der Waals surface area contributed by atoms with Gasteiger partial charge in [-0.2, -0.15) is 13.5 Å². The molecule has 1 unspecified atom stereocenters. The van der Waals surface area contributed by atoms with E-state index in [0.717, 1.165) is 54.9 Å². The van der Waals surface area contributed by atoms with Gasteiger partial charge < -0.3 is 38.1 Å². The molecule has 0 fully saturated rings. The number of nitrogens with zero attached hydrogens (tertiary/aromatic N) is 3. The maximum absolute atomic E-state index is 6.07. The zero-order chi connectivity index (χ0) is 34.6. The van der Waals surface area contributed by atoms with Gasteiger partial charge in [0.1, 0.15) is 18.9 Å². The van der Waals surface area contributed by atoms with Crippen molar-refractivity contribution in [1.82, 2.24) is 25.4 Å². The maximum atomic E-state index is 6.07. The zero-order valence-corrected chi connectivity index (χ0v) is 31.2. The van der Waals surface area contributed by atoms with Crippen LogP contribution in [0.4, 0.5) is 0 Å². The highest BCUT2D eigenvalue weighted by Crippen LogP contribution is 2.72. The molecule has 0 bridgehead atoms. The van der Waals surface area contributed by atoms with Crippen molar-refractivity contribution in [2.45, 2.75) is 64.7 Å². The molecule has 0 aliphatic carbocycles. The summed E-state index contributed by atoms with van der Waals surface area (Å²) in [7, 11) is -8.04. The number of ether oxygens (including phenoxy) is 2. The van der Waals surface area contributed by atoms with Gasteiger partial charge in [0.25, 0.3) is 0 Å².